The van der Waals surface area contributed by atoms with Crippen molar-refractivity contribution < 1.29 is 14.3 Å². The van der Waals surface area contributed by atoms with E-state index in [1.165, 1.54) is 0 Å². The van der Waals surface area contributed by atoms with E-state index in [-0.39, 0.29) is 24.5 Å². The molecule has 1 heterocycles. The van der Waals surface area contributed by atoms with Gasteiger partial charge in [0.15, 0.2) is 6.61 Å². The smallest absolute Gasteiger partial charge is 0.340 e. The molecule has 0 radical (unpaired) electrons. The summed E-state index contributed by atoms with van der Waals surface area (Å²) < 4.78 is 5.56. The molecule has 1 saturated carbocycles. The lowest BCUT2D eigenvalue weighted by molar-refractivity contribution is -0.137. The van der Waals surface area contributed by atoms with Gasteiger partial charge in [0.1, 0.15) is 0 Å². The maximum Gasteiger partial charge on any atom is 0.340 e. The fourth-order valence-corrected chi connectivity index (χ4v) is 5.43. The Morgan fingerprint density at radius 3 is 2.49 bits per heavy atom. The zero-order chi connectivity index (χ0) is 27.0. The van der Waals surface area contributed by atoms with Gasteiger partial charge in [0, 0.05) is 18.2 Å². The Balaban J connectivity index is 1.37. The standard InChI is InChI=1S/C33H35N3O3/c1-2-3-21-34-29-20-11-10-18-27(29)33(38)39-23-30(37)36-32(25-15-8-5-9-16-25)28-19-12-17-26(31(28)35-36)22-24-13-6-4-7-14-24/h4-11,13-16,18,20,22,28,32,34H,2-3,12,17,19,21,23H2,1H3/b26-22+/t28-,32+/m0/s1. The van der Waals surface area contributed by atoms with Crippen molar-refractivity contribution in [1.82, 2.24) is 5.01 Å². The summed E-state index contributed by atoms with van der Waals surface area (Å²) in [6.07, 6.45) is 7.14. The maximum atomic E-state index is 13.6. The van der Waals surface area contributed by atoms with Gasteiger partial charge in [-0.05, 0) is 60.6 Å². The van der Waals surface area contributed by atoms with Crippen molar-refractivity contribution in [2.75, 3.05) is 18.5 Å². The number of hydrazone groups is 1. The first-order valence-corrected chi connectivity index (χ1v) is 13.9. The van der Waals surface area contributed by atoms with Crippen molar-refractivity contribution in [1.29, 1.82) is 0 Å². The summed E-state index contributed by atoms with van der Waals surface area (Å²) in [6, 6.07) is 27.3. The van der Waals surface area contributed by atoms with Gasteiger partial charge in [0.2, 0.25) is 0 Å². The van der Waals surface area contributed by atoms with E-state index in [1.807, 2.05) is 60.7 Å². The highest BCUT2D eigenvalue weighted by atomic mass is 16.5. The third kappa shape index (κ3) is 6.11. The first-order chi connectivity index (χ1) is 19.2. The van der Waals surface area contributed by atoms with Gasteiger partial charge in [-0.15, -0.1) is 0 Å². The number of hydrogen-bond donors (Lipinski definition) is 1. The number of amides is 1. The van der Waals surface area contributed by atoms with E-state index >= 15 is 0 Å². The van der Waals surface area contributed by atoms with Crippen LogP contribution < -0.4 is 5.32 Å². The fourth-order valence-electron chi connectivity index (χ4n) is 5.43. The largest absolute Gasteiger partial charge is 0.452 e. The number of nitrogens with zero attached hydrogens (tertiary/aromatic N) is 2. The third-order valence-corrected chi connectivity index (χ3v) is 7.36. The van der Waals surface area contributed by atoms with Gasteiger partial charge in [-0.3, -0.25) is 4.79 Å². The van der Waals surface area contributed by atoms with Gasteiger partial charge in [-0.25, -0.2) is 9.80 Å². The van der Waals surface area contributed by atoms with Gasteiger partial charge in [0.25, 0.3) is 5.91 Å². The van der Waals surface area contributed by atoms with Gasteiger partial charge in [-0.2, -0.15) is 5.10 Å². The van der Waals surface area contributed by atoms with Crippen LogP contribution in [0.25, 0.3) is 6.08 Å². The second kappa shape index (κ2) is 12.6. The third-order valence-electron chi connectivity index (χ3n) is 7.36. The predicted molar refractivity (Wildman–Crippen MR) is 155 cm³/mol. The van der Waals surface area contributed by atoms with Crippen molar-refractivity contribution in [3.63, 3.8) is 0 Å². The molecule has 2 atom stereocenters. The van der Waals surface area contributed by atoms with Gasteiger partial charge in [0.05, 0.1) is 17.3 Å². The summed E-state index contributed by atoms with van der Waals surface area (Å²) in [5.74, 6) is -0.748. The molecular weight excluding hydrogens is 486 g/mol. The maximum absolute atomic E-state index is 13.6. The SMILES string of the molecule is CCCCNc1ccccc1C(=O)OCC(=O)N1N=C2/C(=C/c3ccccc3)CCC[C@@H]2[C@H]1c1ccccc1. The molecule has 6 heteroatoms. The van der Waals surface area contributed by atoms with Crippen molar-refractivity contribution >= 4 is 29.4 Å². The highest BCUT2D eigenvalue weighted by molar-refractivity contribution is 6.08. The molecule has 3 aromatic carbocycles. The van der Waals surface area contributed by atoms with Gasteiger partial charge in [-0.1, -0.05) is 86.1 Å². The van der Waals surface area contributed by atoms with Crippen LogP contribution in [0.4, 0.5) is 5.69 Å². The van der Waals surface area contributed by atoms with Crippen LogP contribution in [0, 0.1) is 5.92 Å². The summed E-state index contributed by atoms with van der Waals surface area (Å²) in [5, 5.41) is 9.75. The lowest BCUT2D eigenvalue weighted by Gasteiger charge is -2.29. The molecule has 2 aliphatic rings. The topological polar surface area (TPSA) is 71.0 Å². The van der Waals surface area contributed by atoms with Gasteiger partial charge < -0.3 is 10.1 Å². The summed E-state index contributed by atoms with van der Waals surface area (Å²) in [6.45, 7) is 2.52. The second-order valence-electron chi connectivity index (χ2n) is 10.1. The molecule has 39 heavy (non-hydrogen) atoms. The molecule has 0 unspecified atom stereocenters. The number of unbranched alkanes of at least 4 members (excludes halogenated alkanes) is 1. The van der Waals surface area contributed by atoms with E-state index in [2.05, 4.69) is 30.4 Å². The van der Waals surface area contributed by atoms with Crippen LogP contribution >= 0.6 is 0 Å². The number of carbonyl (C=O) groups excluding carboxylic acids is 2. The van der Waals surface area contributed by atoms with Crippen molar-refractivity contribution in [2.24, 2.45) is 11.0 Å². The van der Waals surface area contributed by atoms with E-state index in [0.29, 0.717) is 11.3 Å². The zero-order valence-electron chi connectivity index (χ0n) is 22.4. The number of nitrogens with one attached hydrogen (secondary N) is 1. The average Bonchev–Trinajstić information content (AvgIpc) is 3.38. The fraction of sp³-hybridized carbons (Fsp3) is 0.303. The number of allylic oxidation sites excluding steroid dienone is 1. The minimum absolute atomic E-state index is 0.0965. The number of benzene rings is 3. The normalized spacial score (nSPS) is 19.4. The van der Waals surface area contributed by atoms with E-state index in [0.717, 1.165) is 61.1 Å². The lowest BCUT2D eigenvalue weighted by Crippen LogP contribution is -2.34. The molecule has 1 amide bonds. The minimum Gasteiger partial charge on any atom is -0.452 e. The first-order valence-electron chi connectivity index (χ1n) is 13.9. The molecule has 0 bridgehead atoms. The monoisotopic (exact) mass is 521 g/mol. The molecule has 0 aromatic heterocycles. The van der Waals surface area contributed by atoms with E-state index < -0.39 is 5.97 Å². The average molecular weight is 522 g/mol. The highest BCUT2D eigenvalue weighted by Crippen LogP contribution is 2.44. The number of esters is 1. The number of hydrogen-bond acceptors (Lipinski definition) is 5. The Kier molecular flexibility index (Phi) is 8.51. The van der Waals surface area contributed by atoms with Crippen LogP contribution in [0.2, 0.25) is 0 Å². The highest BCUT2D eigenvalue weighted by Gasteiger charge is 2.43. The molecule has 0 saturated heterocycles. The number of para-hydroxylation sites is 1. The van der Waals surface area contributed by atoms with E-state index in [4.69, 9.17) is 9.84 Å². The van der Waals surface area contributed by atoms with Crippen LogP contribution in [0.15, 0.2) is 95.6 Å². The molecular formula is C33H35N3O3. The molecule has 5 rings (SSSR count). The van der Waals surface area contributed by atoms with Crippen molar-refractivity contribution in [2.45, 2.75) is 45.1 Å². The Morgan fingerprint density at radius 2 is 1.72 bits per heavy atom. The Morgan fingerprint density at radius 1 is 1.00 bits per heavy atom. The summed E-state index contributed by atoms with van der Waals surface area (Å²) >= 11 is 0. The number of rotatable bonds is 9. The quantitative estimate of drug-likeness (QED) is 0.246. The molecule has 0 spiro atoms. The number of fused-ring (bicyclic) bond motifs is 1. The molecule has 1 fully saturated rings. The zero-order valence-corrected chi connectivity index (χ0v) is 22.4. The van der Waals surface area contributed by atoms with Crippen LogP contribution in [0.1, 0.15) is 66.6 Å². The van der Waals surface area contributed by atoms with Gasteiger partial charge >= 0.3 is 5.97 Å². The molecule has 6 nitrogen and oxygen atoms in total. The first kappa shape index (κ1) is 26.4. The van der Waals surface area contributed by atoms with Crippen LogP contribution in [-0.2, 0) is 9.53 Å². The molecule has 200 valence electrons. The minimum atomic E-state index is -0.520. The predicted octanol–water partition coefficient (Wildman–Crippen LogP) is 6.88. The van der Waals surface area contributed by atoms with E-state index in [9.17, 15) is 9.59 Å². The molecule has 3 aromatic rings. The molecule has 1 N–H and O–H groups in total. The Labute approximate surface area is 230 Å². The van der Waals surface area contributed by atoms with E-state index in [1.54, 1.807) is 17.1 Å². The summed E-state index contributed by atoms with van der Waals surface area (Å²) in [5.41, 5.74) is 5.43. The number of carbonyl (C=O) groups is 2. The molecule has 1 aliphatic heterocycles. The Bertz CT molecular complexity index is 1350. The second-order valence-corrected chi connectivity index (χ2v) is 10.1. The van der Waals surface area contributed by atoms with Crippen LogP contribution in [-0.4, -0.2) is 35.7 Å². The number of ether oxygens (including phenoxy) is 1. The van der Waals surface area contributed by atoms with Crippen molar-refractivity contribution in [3.8, 4) is 0 Å². The Hall–Kier alpha value is -4.19. The van der Waals surface area contributed by atoms with Crippen LogP contribution in [0.3, 0.4) is 0 Å². The van der Waals surface area contributed by atoms with Crippen molar-refractivity contribution in [3.05, 3.63) is 107 Å². The lowest BCUT2D eigenvalue weighted by atomic mass is 9.77. The summed E-state index contributed by atoms with van der Waals surface area (Å²) in [4.78, 5) is 26.6. The molecule has 1 aliphatic carbocycles. The summed E-state index contributed by atoms with van der Waals surface area (Å²) in [7, 11) is 0. The van der Waals surface area contributed by atoms with Crippen LogP contribution in [0.5, 0.6) is 0 Å². The number of anilines is 1.